The standard InChI is InChI=1S/C16H14F3N5O/c1-23(15(25)13-9-14(22-21-13)16(17,18)19)10-11-4-2-5-12(8-11)24-7-3-6-20-24/h2-9H,10H2,1H3,(H,21,22). The fourth-order valence-corrected chi connectivity index (χ4v) is 2.34. The van der Waals surface area contributed by atoms with E-state index in [1.807, 2.05) is 29.4 Å². The monoisotopic (exact) mass is 349 g/mol. The highest BCUT2D eigenvalue weighted by Gasteiger charge is 2.34. The van der Waals surface area contributed by atoms with Crippen molar-refractivity contribution in [1.82, 2.24) is 24.9 Å². The zero-order valence-electron chi connectivity index (χ0n) is 13.2. The maximum absolute atomic E-state index is 12.6. The first-order chi connectivity index (χ1) is 11.8. The molecule has 3 aromatic rings. The molecule has 0 aliphatic rings. The van der Waals surface area contributed by atoms with Crippen LogP contribution >= 0.6 is 0 Å². The SMILES string of the molecule is CN(Cc1cccc(-n2cccn2)c1)C(=O)c1cc(C(F)(F)F)[nH]n1. The molecule has 0 aliphatic heterocycles. The van der Waals surface area contributed by atoms with Crippen LogP contribution in [0.3, 0.4) is 0 Å². The summed E-state index contributed by atoms with van der Waals surface area (Å²) in [5.41, 5.74) is 0.306. The van der Waals surface area contributed by atoms with Crippen LogP contribution in [0.1, 0.15) is 21.7 Å². The molecule has 3 rings (SSSR count). The van der Waals surface area contributed by atoms with E-state index in [9.17, 15) is 18.0 Å². The Morgan fingerprint density at radius 2 is 2.08 bits per heavy atom. The zero-order chi connectivity index (χ0) is 18.0. The molecule has 0 fully saturated rings. The van der Waals surface area contributed by atoms with Gasteiger partial charge < -0.3 is 4.90 Å². The number of halogens is 3. The van der Waals surface area contributed by atoms with Crippen molar-refractivity contribution in [3.05, 3.63) is 65.7 Å². The number of hydrogen-bond acceptors (Lipinski definition) is 3. The van der Waals surface area contributed by atoms with Gasteiger partial charge in [-0.25, -0.2) is 4.68 Å². The third-order valence-electron chi connectivity index (χ3n) is 3.55. The smallest absolute Gasteiger partial charge is 0.336 e. The van der Waals surface area contributed by atoms with Crippen LogP contribution in [-0.4, -0.2) is 37.8 Å². The third-order valence-corrected chi connectivity index (χ3v) is 3.55. The largest absolute Gasteiger partial charge is 0.432 e. The number of carbonyl (C=O) groups excluding carboxylic acids is 1. The van der Waals surface area contributed by atoms with Crippen LogP contribution in [0.4, 0.5) is 13.2 Å². The quantitative estimate of drug-likeness (QED) is 0.788. The summed E-state index contributed by atoms with van der Waals surface area (Å²) >= 11 is 0. The summed E-state index contributed by atoms with van der Waals surface area (Å²) in [5, 5.41) is 9.42. The predicted octanol–water partition coefficient (Wildman–Crippen LogP) is 2.89. The number of carbonyl (C=O) groups is 1. The summed E-state index contributed by atoms with van der Waals surface area (Å²) in [6.45, 7) is 0.224. The number of H-pyrrole nitrogens is 1. The van der Waals surface area contributed by atoms with Gasteiger partial charge in [-0.1, -0.05) is 12.1 Å². The van der Waals surface area contributed by atoms with Gasteiger partial charge in [0.2, 0.25) is 0 Å². The van der Waals surface area contributed by atoms with E-state index in [0.29, 0.717) is 6.07 Å². The lowest BCUT2D eigenvalue weighted by molar-refractivity contribution is -0.141. The van der Waals surface area contributed by atoms with E-state index in [2.05, 4.69) is 10.2 Å². The minimum Gasteiger partial charge on any atom is -0.336 e. The first-order valence-corrected chi connectivity index (χ1v) is 7.31. The van der Waals surface area contributed by atoms with E-state index < -0.39 is 17.8 Å². The van der Waals surface area contributed by atoms with Crippen LogP contribution in [0.15, 0.2) is 48.8 Å². The van der Waals surface area contributed by atoms with Gasteiger partial charge in [-0.3, -0.25) is 9.89 Å². The van der Waals surface area contributed by atoms with Crippen LogP contribution in [0.25, 0.3) is 5.69 Å². The zero-order valence-corrected chi connectivity index (χ0v) is 13.2. The molecule has 0 saturated carbocycles. The van der Waals surface area contributed by atoms with E-state index in [0.717, 1.165) is 11.3 Å². The van der Waals surface area contributed by atoms with Crippen LogP contribution in [0.5, 0.6) is 0 Å². The van der Waals surface area contributed by atoms with Gasteiger partial charge >= 0.3 is 6.18 Å². The van der Waals surface area contributed by atoms with E-state index >= 15 is 0 Å². The molecule has 0 bridgehead atoms. The molecule has 9 heteroatoms. The number of aromatic nitrogens is 4. The Morgan fingerprint density at radius 3 is 2.72 bits per heavy atom. The second kappa shape index (κ2) is 6.42. The molecule has 0 unspecified atom stereocenters. The molecule has 1 amide bonds. The lowest BCUT2D eigenvalue weighted by atomic mass is 10.2. The molecule has 1 N–H and O–H groups in total. The topological polar surface area (TPSA) is 66.8 Å². The molecule has 25 heavy (non-hydrogen) atoms. The molecule has 0 atom stereocenters. The maximum atomic E-state index is 12.6. The summed E-state index contributed by atoms with van der Waals surface area (Å²) in [4.78, 5) is 13.6. The van der Waals surface area contributed by atoms with Crippen molar-refractivity contribution in [2.75, 3.05) is 7.05 Å². The second-order valence-corrected chi connectivity index (χ2v) is 5.45. The van der Waals surface area contributed by atoms with Gasteiger partial charge in [0, 0.05) is 32.1 Å². The van der Waals surface area contributed by atoms with Crippen molar-refractivity contribution in [2.24, 2.45) is 0 Å². The number of nitrogens with zero attached hydrogens (tertiary/aromatic N) is 4. The number of aromatic amines is 1. The fraction of sp³-hybridized carbons (Fsp3) is 0.188. The van der Waals surface area contributed by atoms with Crippen LogP contribution in [-0.2, 0) is 12.7 Å². The van der Waals surface area contributed by atoms with Gasteiger partial charge in [0.1, 0.15) is 5.69 Å². The van der Waals surface area contributed by atoms with Crippen LogP contribution in [0, 0.1) is 0 Å². The molecular formula is C16H14F3N5O. The van der Waals surface area contributed by atoms with Crippen LogP contribution in [0.2, 0.25) is 0 Å². The van der Waals surface area contributed by atoms with Gasteiger partial charge in [0.25, 0.3) is 5.91 Å². The number of alkyl halides is 3. The van der Waals surface area contributed by atoms with Crippen molar-refractivity contribution in [2.45, 2.75) is 12.7 Å². The molecule has 6 nitrogen and oxygen atoms in total. The van der Waals surface area contributed by atoms with Crippen molar-refractivity contribution >= 4 is 5.91 Å². The summed E-state index contributed by atoms with van der Waals surface area (Å²) in [6, 6.07) is 9.85. The van der Waals surface area contributed by atoms with Crippen molar-refractivity contribution in [3.8, 4) is 5.69 Å². The minimum atomic E-state index is -4.57. The van der Waals surface area contributed by atoms with Crippen LogP contribution < -0.4 is 0 Å². The van der Waals surface area contributed by atoms with E-state index in [4.69, 9.17) is 0 Å². The van der Waals surface area contributed by atoms with E-state index in [1.54, 1.807) is 23.1 Å². The number of rotatable bonds is 4. The van der Waals surface area contributed by atoms with Gasteiger partial charge in [-0.05, 0) is 23.8 Å². The Morgan fingerprint density at radius 1 is 1.28 bits per heavy atom. The molecule has 0 spiro atoms. The average molecular weight is 349 g/mol. The molecule has 0 aliphatic carbocycles. The van der Waals surface area contributed by atoms with E-state index in [1.165, 1.54) is 11.9 Å². The average Bonchev–Trinajstić information content (AvgIpc) is 3.25. The lowest BCUT2D eigenvalue weighted by Crippen LogP contribution is -2.26. The van der Waals surface area contributed by atoms with Gasteiger partial charge in [0.15, 0.2) is 5.69 Å². The number of amides is 1. The molecule has 0 radical (unpaired) electrons. The van der Waals surface area contributed by atoms with Gasteiger partial charge in [-0.15, -0.1) is 0 Å². The van der Waals surface area contributed by atoms with Crippen molar-refractivity contribution < 1.29 is 18.0 Å². The van der Waals surface area contributed by atoms with E-state index in [-0.39, 0.29) is 12.2 Å². The maximum Gasteiger partial charge on any atom is 0.432 e. The van der Waals surface area contributed by atoms with Crippen molar-refractivity contribution in [3.63, 3.8) is 0 Å². The van der Waals surface area contributed by atoms with Crippen molar-refractivity contribution in [1.29, 1.82) is 0 Å². The first kappa shape index (κ1) is 16.7. The molecule has 0 saturated heterocycles. The highest BCUT2D eigenvalue weighted by Crippen LogP contribution is 2.27. The minimum absolute atomic E-state index is 0.224. The summed E-state index contributed by atoms with van der Waals surface area (Å²) in [7, 11) is 1.50. The fourth-order valence-electron chi connectivity index (χ4n) is 2.34. The number of hydrogen-bond donors (Lipinski definition) is 1. The Kier molecular flexibility index (Phi) is 4.30. The molecule has 2 heterocycles. The van der Waals surface area contributed by atoms with Gasteiger partial charge in [0.05, 0.1) is 5.69 Å². The first-order valence-electron chi connectivity index (χ1n) is 7.31. The highest BCUT2D eigenvalue weighted by molar-refractivity contribution is 5.92. The normalized spacial score (nSPS) is 11.5. The Balaban J connectivity index is 1.74. The lowest BCUT2D eigenvalue weighted by Gasteiger charge is -2.16. The predicted molar refractivity (Wildman–Crippen MR) is 83.0 cm³/mol. The Bertz CT molecular complexity index is 870. The van der Waals surface area contributed by atoms with Gasteiger partial charge in [-0.2, -0.15) is 23.4 Å². The molecule has 2 aromatic heterocycles. The molecule has 1 aromatic carbocycles. The molecular weight excluding hydrogens is 335 g/mol. The number of nitrogens with one attached hydrogen (secondary N) is 1. The summed E-state index contributed by atoms with van der Waals surface area (Å²) in [5.74, 6) is -0.601. The Labute approximate surface area is 140 Å². The summed E-state index contributed by atoms with van der Waals surface area (Å²) < 4.78 is 39.4. The summed E-state index contributed by atoms with van der Waals surface area (Å²) in [6.07, 6.45) is -1.13. The number of benzene rings is 1. The Hall–Kier alpha value is -3.10. The third kappa shape index (κ3) is 3.70. The second-order valence-electron chi connectivity index (χ2n) is 5.45. The highest BCUT2D eigenvalue weighted by atomic mass is 19.4. The molecule has 130 valence electrons.